The Hall–Kier alpha value is -1.14. The molecule has 1 saturated heterocycles. The summed E-state index contributed by atoms with van der Waals surface area (Å²) in [6, 6.07) is 0. The van der Waals surface area contributed by atoms with Crippen molar-refractivity contribution in [1.29, 1.82) is 0 Å². The predicted octanol–water partition coefficient (Wildman–Crippen LogP) is 0.0319. The van der Waals surface area contributed by atoms with Crippen LogP contribution in [0.2, 0.25) is 0 Å². The standard InChI is InChI=1S/C12H22N2O4/c1-2-13(10-12(16)17)5-3-4-11(15)14-6-8-18-9-7-14/h2-10H2,1H3,(H,16,17). The molecule has 1 rings (SSSR count). The molecule has 0 bridgehead atoms. The van der Waals surface area contributed by atoms with Crippen molar-refractivity contribution in [3.8, 4) is 0 Å². The van der Waals surface area contributed by atoms with Gasteiger partial charge in [0.1, 0.15) is 0 Å². The number of aliphatic carboxylic acids is 1. The van der Waals surface area contributed by atoms with Crippen molar-refractivity contribution in [2.75, 3.05) is 45.9 Å². The Bertz CT molecular complexity index is 277. The van der Waals surface area contributed by atoms with Gasteiger partial charge in [0.05, 0.1) is 19.8 Å². The summed E-state index contributed by atoms with van der Waals surface area (Å²) < 4.78 is 5.19. The normalized spacial score (nSPS) is 16.0. The van der Waals surface area contributed by atoms with E-state index in [1.807, 2.05) is 16.7 Å². The molecular formula is C12H22N2O4. The predicted molar refractivity (Wildman–Crippen MR) is 66.4 cm³/mol. The van der Waals surface area contributed by atoms with Crippen molar-refractivity contribution in [3.05, 3.63) is 0 Å². The van der Waals surface area contributed by atoms with Crippen LogP contribution in [0.3, 0.4) is 0 Å². The molecule has 0 aromatic carbocycles. The number of carboxylic acids is 1. The van der Waals surface area contributed by atoms with Crippen molar-refractivity contribution in [2.24, 2.45) is 0 Å². The molecule has 18 heavy (non-hydrogen) atoms. The Balaban J connectivity index is 2.18. The highest BCUT2D eigenvalue weighted by atomic mass is 16.5. The zero-order chi connectivity index (χ0) is 13.4. The Morgan fingerprint density at radius 3 is 2.56 bits per heavy atom. The largest absolute Gasteiger partial charge is 0.480 e. The molecule has 0 atom stereocenters. The van der Waals surface area contributed by atoms with E-state index in [0.29, 0.717) is 52.2 Å². The van der Waals surface area contributed by atoms with E-state index in [4.69, 9.17) is 9.84 Å². The first-order chi connectivity index (χ1) is 8.63. The third-order valence-electron chi connectivity index (χ3n) is 3.03. The van der Waals surface area contributed by atoms with Gasteiger partial charge < -0.3 is 14.7 Å². The van der Waals surface area contributed by atoms with Crippen LogP contribution in [-0.4, -0.2) is 72.7 Å². The second-order valence-corrected chi connectivity index (χ2v) is 4.36. The van der Waals surface area contributed by atoms with E-state index >= 15 is 0 Å². The molecule has 6 heteroatoms. The minimum atomic E-state index is -0.823. The Kier molecular flexibility index (Phi) is 6.67. The van der Waals surface area contributed by atoms with Crippen LogP contribution in [0, 0.1) is 0 Å². The summed E-state index contributed by atoms with van der Waals surface area (Å²) in [6.07, 6.45) is 1.19. The van der Waals surface area contributed by atoms with Crippen LogP contribution < -0.4 is 0 Å². The molecule has 1 fully saturated rings. The lowest BCUT2D eigenvalue weighted by Gasteiger charge is -2.27. The molecule has 0 spiro atoms. The summed E-state index contributed by atoms with van der Waals surface area (Å²) in [6.45, 7) is 5.89. The fourth-order valence-electron chi connectivity index (χ4n) is 1.97. The number of carbonyl (C=O) groups excluding carboxylic acids is 1. The molecule has 1 aliphatic rings. The fraction of sp³-hybridized carbons (Fsp3) is 0.833. The second kappa shape index (κ2) is 8.05. The molecular weight excluding hydrogens is 236 g/mol. The van der Waals surface area contributed by atoms with E-state index in [-0.39, 0.29) is 12.5 Å². The number of morpholine rings is 1. The molecule has 0 radical (unpaired) electrons. The van der Waals surface area contributed by atoms with Gasteiger partial charge in [-0.1, -0.05) is 6.92 Å². The molecule has 6 nitrogen and oxygen atoms in total. The lowest BCUT2D eigenvalue weighted by atomic mass is 10.2. The van der Waals surface area contributed by atoms with Crippen LogP contribution in [-0.2, 0) is 14.3 Å². The van der Waals surface area contributed by atoms with Crippen LogP contribution in [0.4, 0.5) is 0 Å². The van der Waals surface area contributed by atoms with Crippen LogP contribution in [0.15, 0.2) is 0 Å². The van der Waals surface area contributed by atoms with E-state index < -0.39 is 5.97 Å². The van der Waals surface area contributed by atoms with Gasteiger partial charge in [-0.15, -0.1) is 0 Å². The van der Waals surface area contributed by atoms with E-state index in [9.17, 15) is 9.59 Å². The molecule has 0 unspecified atom stereocenters. The number of hydrogen-bond donors (Lipinski definition) is 1. The first-order valence-corrected chi connectivity index (χ1v) is 6.43. The minimum Gasteiger partial charge on any atom is -0.480 e. The first kappa shape index (κ1) is 14.9. The smallest absolute Gasteiger partial charge is 0.317 e. The van der Waals surface area contributed by atoms with Gasteiger partial charge in [-0.05, 0) is 19.5 Å². The Morgan fingerprint density at radius 1 is 1.33 bits per heavy atom. The number of carboxylic acid groups (broad SMARTS) is 1. The maximum absolute atomic E-state index is 11.8. The third-order valence-corrected chi connectivity index (χ3v) is 3.03. The van der Waals surface area contributed by atoms with Crippen molar-refractivity contribution < 1.29 is 19.4 Å². The fourth-order valence-corrected chi connectivity index (χ4v) is 1.97. The summed E-state index contributed by atoms with van der Waals surface area (Å²) in [4.78, 5) is 26.1. The molecule has 1 amide bonds. The summed E-state index contributed by atoms with van der Waals surface area (Å²) >= 11 is 0. The first-order valence-electron chi connectivity index (χ1n) is 6.43. The summed E-state index contributed by atoms with van der Waals surface area (Å²) in [7, 11) is 0. The van der Waals surface area contributed by atoms with Crippen molar-refractivity contribution in [2.45, 2.75) is 19.8 Å². The molecule has 1 aliphatic heterocycles. The molecule has 1 heterocycles. The number of likely N-dealkylation sites (N-methyl/N-ethyl adjacent to an activating group) is 1. The number of hydrogen-bond acceptors (Lipinski definition) is 4. The lowest BCUT2D eigenvalue weighted by molar-refractivity contribution is -0.138. The second-order valence-electron chi connectivity index (χ2n) is 4.36. The van der Waals surface area contributed by atoms with Gasteiger partial charge in [0.15, 0.2) is 0 Å². The van der Waals surface area contributed by atoms with Gasteiger partial charge in [-0.25, -0.2) is 0 Å². The maximum atomic E-state index is 11.8. The monoisotopic (exact) mass is 258 g/mol. The number of rotatable bonds is 7. The van der Waals surface area contributed by atoms with E-state index in [2.05, 4.69) is 0 Å². The topological polar surface area (TPSA) is 70.1 Å². The average molecular weight is 258 g/mol. The molecule has 0 aliphatic carbocycles. The average Bonchev–Trinajstić information content (AvgIpc) is 2.38. The molecule has 0 aromatic rings. The highest BCUT2D eigenvalue weighted by Gasteiger charge is 2.16. The SMILES string of the molecule is CCN(CCCC(=O)N1CCOCC1)CC(=O)O. The van der Waals surface area contributed by atoms with Crippen molar-refractivity contribution >= 4 is 11.9 Å². The zero-order valence-electron chi connectivity index (χ0n) is 10.9. The Morgan fingerprint density at radius 2 is 2.00 bits per heavy atom. The van der Waals surface area contributed by atoms with Crippen LogP contribution >= 0.6 is 0 Å². The number of amides is 1. The number of carbonyl (C=O) groups is 2. The summed E-state index contributed by atoms with van der Waals surface area (Å²) in [5.41, 5.74) is 0. The third kappa shape index (κ3) is 5.46. The minimum absolute atomic E-state index is 0.0439. The van der Waals surface area contributed by atoms with Gasteiger partial charge in [0.2, 0.25) is 5.91 Å². The molecule has 0 saturated carbocycles. The molecule has 1 N–H and O–H groups in total. The Labute approximate surface area is 107 Å². The maximum Gasteiger partial charge on any atom is 0.317 e. The molecule has 0 aromatic heterocycles. The number of nitrogens with zero attached hydrogens (tertiary/aromatic N) is 2. The summed E-state index contributed by atoms with van der Waals surface area (Å²) in [5.74, 6) is -0.680. The van der Waals surface area contributed by atoms with Crippen molar-refractivity contribution in [3.63, 3.8) is 0 Å². The quantitative estimate of drug-likeness (QED) is 0.698. The van der Waals surface area contributed by atoms with Gasteiger partial charge in [-0.2, -0.15) is 0 Å². The van der Waals surface area contributed by atoms with Gasteiger partial charge in [0, 0.05) is 19.5 Å². The highest BCUT2D eigenvalue weighted by molar-refractivity contribution is 5.76. The van der Waals surface area contributed by atoms with Crippen LogP contribution in [0.25, 0.3) is 0 Å². The van der Waals surface area contributed by atoms with Gasteiger partial charge in [-0.3, -0.25) is 14.5 Å². The number of ether oxygens (including phenoxy) is 1. The van der Waals surface area contributed by atoms with Crippen molar-refractivity contribution in [1.82, 2.24) is 9.80 Å². The molecule has 104 valence electrons. The lowest BCUT2D eigenvalue weighted by Crippen LogP contribution is -2.41. The zero-order valence-corrected chi connectivity index (χ0v) is 10.9. The van der Waals surface area contributed by atoms with Crippen LogP contribution in [0.5, 0.6) is 0 Å². The van der Waals surface area contributed by atoms with E-state index in [1.165, 1.54) is 0 Å². The van der Waals surface area contributed by atoms with Gasteiger partial charge in [0.25, 0.3) is 0 Å². The van der Waals surface area contributed by atoms with E-state index in [0.717, 1.165) is 0 Å². The van der Waals surface area contributed by atoms with Gasteiger partial charge >= 0.3 is 5.97 Å². The summed E-state index contributed by atoms with van der Waals surface area (Å²) in [5, 5.41) is 8.70. The van der Waals surface area contributed by atoms with Crippen LogP contribution in [0.1, 0.15) is 19.8 Å². The van der Waals surface area contributed by atoms with E-state index in [1.54, 1.807) is 0 Å². The highest BCUT2D eigenvalue weighted by Crippen LogP contribution is 2.03.